The molecule has 0 aromatic heterocycles. The van der Waals surface area contributed by atoms with Gasteiger partial charge in [0.15, 0.2) is 6.17 Å². The maximum absolute atomic E-state index is 13.4. The number of urea groups is 1. The van der Waals surface area contributed by atoms with Crippen LogP contribution in [-0.2, 0) is 16.0 Å². The molecule has 0 aliphatic carbocycles. The van der Waals surface area contributed by atoms with Gasteiger partial charge in [0.25, 0.3) is 5.91 Å². The van der Waals surface area contributed by atoms with Crippen LogP contribution in [0.1, 0.15) is 5.56 Å². The minimum Gasteiger partial charge on any atom is -0.351 e. The Labute approximate surface area is 173 Å². The fourth-order valence-corrected chi connectivity index (χ4v) is 3.31. The van der Waals surface area contributed by atoms with E-state index >= 15 is 0 Å². The van der Waals surface area contributed by atoms with E-state index in [0.717, 1.165) is 5.56 Å². The number of hydrogen-bond donors (Lipinski definition) is 3. The van der Waals surface area contributed by atoms with Gasteiger partial charge in [0.2, 0.25) is 5.91 Å². The fraction of sp³-hybridized carbons (Fsp3) is 0.286. The average molecular weight is 413 g/mol. The van der Waals surface area contributed by atoms with E-state index in [1.165, 1.54) is 28.0 Å². The van der Waals surface area contributed by atoms with E-state index in [1.54, 1.807) is 6.07 Å². The Kier molecular flexibility index (Phi) is 6.97. The molecule has 1 atom stereocenters. The first-order valence-electron chi connectivity index (χ1n) is 9.64. The number of nitrogens with zero attached hydrogens (tertiary/aromatic N) is 2. The van der Waals surface area contributed by atoms with Crippen LogP contribution in [0.4, 0.5) is 14.9 Å². The van der Waals surface area contributed by atoms with Crippen LogP contribution >= 0.6 is 0 Å². The van der Waals surface area contributed by atoms with E-state index in [-0.39, 0.29) is 44.2 Å². The van der Waals surface area contributed by atoms with Crippen molar-refractivity contribution in [3.8, 4) is 0 Å². The van der Waals surface area contributed by atoms with E-state index in [1.807, 2.05) is 30.3 Å². The largest absolute Gasteiger partial charge is 0.351 e. The molecule has 0 bridgehead atoms. The molecule has 1 aliphatic rings. The van der Waals surface area contributed by atoms with Gasteiger partial charge in [0.05, 0.1) is 6.42 Å². The lowest BCUT2D eigenvalue weighted by molar-refractivity contribution is -0.140. The summed E-state index contributed by atoms with van der Waals surface area (Å²) in [5, 5.41) is 5.22. The number of carbonyl (C=O) groups is 3. The van der Waals surface area contributed by atoms with Crippen molar-refractivity contribution in [1.29, 1.82) is 0 Å². The van der Waals surface area contributed by atoms with Crippen molar-refractivity contribution in [3.05, 3.63) is 66.0 Å². The van der Waals surface area contributed by atoms with Gasteiger partial charge >= 0.3 is 6.03 Å². The highest BCUT2D eigenvalue weighted by Crippen LogP contribution is 2.19. The third kappa shape index (κ3) is 5.12. The molecule has 3 rings (SSSR count). The fourth-order valence-electron chi connectivity index (χ4n) is 3.31. The van der Waals surface area contributed by atoms with Crippen molar-refractivity contribution >= 4 is 23.5 Å². The summed E-state index contributed by atoms with van der Waals surface area (Å²) in [6.07, 6.45) is -0.998. The summed E-state index contributed by atoms with van der Waals surface area (Å²) < 4.78 is 13.4. The van der Waals surface area contributed by atoms with Crippen LogP contribution < -0.4 is 16.4 Å². The molecule has 4 amide bonds. The Morgan fingerprint density at radius 2 is 1.77 bits per heavy atom. The molecule has 2 aromatic carbocycles. The average Bonchev–Trinajstić information content (AvgIpc) is 3.18. The minimum atomic E-state index is -1.11. The Hall–Kier alpha value is -3.46. The highest BCUT2D eigenvalue weighted by Gasteiger charge is 2.42. The van der Waals surface area contributed by atoms with Crippen molar-refractivity contribution in [3.63, 3.8) is 0 Å². The smallest absolute Gasteiger partial charge is 0.323 e. The number of anilines is 1. The second-order valence-corrected chi connectivity index (χ2v) is 6.84. The molecule has 1 unspecified atom stereocenters. The first-order valence-corrected chi connectivity index (χ1v) is 9.64. The molecule has 1 fully saturated rings. The van der Waals surface area contributed by atoms with Crippen molar-refractivity contribution in [2.75, 3.05) is 31.5 Å². The molecule has 4 N–H and O–H groups in total. The number of amides is 4. The Morgan fingerprint density at radius 1 is 1.03 bits per heavy atom. The number of carbonyl (C=O) groups excluding carboxylic acids is 3. The molecule has 0 spiro atoms. The van der Waals surface area contributed by atoms with E-state index < -0.39 is 23.9 Å². The normalized spacial score (nSPS) is 15.7. The number of benzene rings is 2. The van der Waals surface area contributed by atoms with Crippen LogP contribution in [0.2, 0.25) is 0 Å². The van der Waals surface area contributed by atoms with E-state index in [9.17, 15) is 18.8 Å². The van der Waals surface area contributed by atoms with Gasteiger partial charge < -0.3 is 21.3 Å². The van der Waals surface area contributed by atoms with E-state index in [2.05, 4.69) is 10.6 Å². The monoisotopic (exact) mass is 413 g/mol. The molecule has 0 radical (unpaired) electrons. The van der Waals surface area contributed by atoms with Gasteiger partial charge in [-0.05, 0) is 23.8 Å². The topological polar surface area (TPSA) is 108 Å². The summed E-state index contributed by atoms with van der Waals surface area (Å²) in [6, 6.07) is 14.0. The quantitative estimate of drug-likeness (QED) is 0.660. The Balaban J connectivity index is 1.77. The van der Waals surface area contributed by atoms with E-state index in [0.29, 0.717) is 0 Å². The van der Waals surface area contributed by atoms with Gasteiger partial charge in [-0.1, -0.05) is 36.4 Å². The summed E-state index contributed by atoms with van der Waals surface area (Å²) in [5.41, 5.74) is 6.53. The van der Waals surface area contributed by atoms with Crippen LogP contribution in [0.5, 0.6) is 0 Å². The van der Waals surface area contributed by atoms with Crippen molar-refractivity contribution in [2.24, 2.45) is 5.73 Å². The molecule has 30 heavy (non-hydrogen) atoms. The van der Waals surface area contributed by atoms with Crippen LogP contribution in [0.15, 0.2) is 54.6 Å². The highest BCUT2D eigenvalue weighted by molar-refractivity contribution is 5.96. The zero-order valence-electron chi connectivity index (χ0n) is 16.4. The SMILES string of the molecule is NCCNC(=O)C1N(C(=O)Cc2ccccc2)CCN1C(=O)Nc1cccc(F)c1. The number of nitrogens with one attached hydrogen (secondary N) is 2. The summed E-state index contributed by atoms with van der Waals surface area (Å²) in [7, 11) is 0. The Bertz CT molecular complexity index is 909. The predicted octanol–water partition coefficient (Wildman–Crippen LogP) is 1.15. The molecule has 158 valence electrons. The molecule has 1 aliphatic heterocycles. The molecule has 0 saturated carbocycles. The Morgan fingerprint density at radius 3 is 2.47 bits per heavy atom. The predicted molar refractivity (Wildman–Crippen MR) is 110 cm³/mol. The second-order valence-electron chi connectivity index (χ2n) is 6.84. The third-order valence-electron chi connectivity index (χ3n) is 4.71. The van der Waals surface area contributed by atoms with Crippen molar-refractivity contribution < 1.29 is 18.8 Å². The molecule has 1 heterocycles. The molecule has 8 nitrogen and oxygen atoms in total. The number of nitrogens with two attached hydrogens (primary N) is 1. The maximum Gasteiger partial charge on any atom is 0.323 e. The van der Waals surface area contributed by atoms with Crippen LogP contribution in [-0.4, -0.2) is 60.0 Å². The third-order valence-corrected chi connectivity index (χ3v) is 4.71. The molecular formula is C21H24FN5O3. The van der Waals surface area contributed by atoms with Gasteiger partial charge in [0.1, 0.15) is 5.82 Å². The lowest BCUT2D eigenvalue weighted by Gasteiger charge is -2.29. The van der Waals surface area contributed by atoms with Crippen LogP contribution in [0, 0.1) is 5.82 Å². The minimum absolute atomic E-state index is 0.112. The lowest BCUT2D eigenvalue weighted by Crippen LogP contribution is -2.55. The number of hydrogen-bond acceptors (Lipinski definition) is 4. The zero-order valence-corrected chi connectivity index (χ0v) is 16.4. The van der Waals surface area contributed by atoms with Gasteiger partial charge in [-0.2, -0.15) is 0 Å². The zero-order chi connectivity index (χ0) is 21.5. The van der Waals surface area contributed by atoms with Crippen LogP contribution in [0.3, 0.4) is 0 Å². The molecular weight excluding hydrogens is 389 g/mol. The molecule has 1 saturated heterocycles. The molecule has 9 heteroatoms. The number of rotatable bonds is 6. The summed E-state index contributed by atoms with van der Waals surface area (Å²) >= 11 is 0. The van der Waals surface area contributed by atoms with Gasteiger partial charge in [0, 0.05) is 31.9 Å². The first-order chi connectivity index (χ1) is 14.5. The summed E-state index contributed by atoms with van der Waals surface area (Å²) in [6.45, 7) is 0.826. The first kappa shape index (κ1) is 21.3. The van der Waals surface area contributed by atoms with E-state index in [4.69, 9.17) is 5.73 Å². The summed E-state index contributed by atoms with van der Waals surface area (Å²) in [4.78, 5) is 41.1. The lowest BCUT2D eigenvalue weighted by atomic mass is 10.1. The maximum atomic E-state index is 13.4. The van der Waals surface area contributed by atoms with Crippen molar-refractivity contribution in [2.45, 2.75) is 12.6 Å². The second kappa shape index (κ2) is 9.84. The molecule has 2 aromatic rings. The number of halogens is 1. The standard InChI is InChI=1S/C21H24FN5O3/c22-16-7-4-8-17(14-16)25-21(30)27-12-11-26(20(27)19(29)24-10-9-23)18(28)13-15-5-2-1-3-6-15/h1-8,14,20H,9-13,23H2,(H,24,29)(H,25,30). The summed E-state index contributed by atoms with van der Waals surface area (Å²) in [5.74, 6) is -1.25. The van der Waals surface area contributed by atoms with Gasteiger partial charge in [-0.15, -0.1) is 0 Å². The van der Waals surface area contributed by atoms with Gasteiger partial charge in [-0.3, -0.25) is 14.5 Å². The highest BCUT2D eigenvalue weighted by atomic mass is 19.1. The van der Waals surface area contributed by atoms with Crippen LogP contribution in [0.25, 0.3) is 0 Å². The van der Waals surface area contributed by atoms with Gasteiger partial charge in [-0.25, -0.2) is 9.18 Å². The van der Waals surface area contributed by atoms with Crippen molar-refractivity contribution in [1.82, 2.24) is 15.1 Å².